The van der Waals surface area contributed by atoms with Gasteiger partial charge in [0.1, 0.15) is 18.0 Å². The molecule has 1 fully saturated rings. The Morgan fingerprint density at radius 2 is 2.20 bits per heavy atom. The normalized spacial score (nSPS) is 17.4. The summed E-state index contributed by atoms with van der Waals surface area (Å²) >= 11 is 0. The summed E-state index contributed by atoms with van der Waals surface area (Å²) in [7, 11) is 3.89. The number of hydrogen-bond donors (Lipinski definition) is 1. The summed E-state index contributed by atoms with van der Waals surface area (Å²) in [5.74, 6) is 1.69. The predicted octanol–water partition coefficient (Wildman–Crippen LogP) is 2.14. The first-order valence-corrected chi connectivity index (χ1v) is 8.23. The standard InChI is InChI=1S/C17H22N6O2/c1-21(2)17-9-16(18-12-19-17)20-14-6-7-22(11-14)10-13-4-3-5-15(8-13)23(24)25/h3-5,8-9,12,14H,6-7,10-11H2,1-2H3,(H,18,19,20). The van der Waals surface area contributed by atoms with E-state index in [1.165, 1.54) is 6.07 Å². The quantitative estimate of drug-likeness (QED) is 0.635. The van der Waals surface area contributed by atoms with Crippen LogP contribution in [0.3, 0.4) is 0 Å². The van der Waals surface area contributed by atoms with E-state index in [0.717, 1.165) is 36.7 Å². The van der Waals surface area contributed by atoms with E-state index in [0.29, 0.717) is 12.6 Å². The Labute approximate surface area is 146 Å². The van der Waals surface area contributed by atoms with Crippen molar-refractivity contribution in [3.8, 4) is 0 Å². The molecule has 1 aliphatic heterocycles. The second kappa shape index (κ2) is 7.43. The molecular weight excluding hydrogens is 320 g/mol. The third-order valence-electron chi connectivity index (χ3n) is 4.26. The van der Waals surface area contributed by atoms with Gasteiger partial charge < -0.3 is 10.2 Å². The van der Waals surface area contributed by atoms with E-state index in [1.54, 1.807) is 18.5 Å². The van der Waals surface area contributed by atoms with E-state index in [9.17, 15) is 10.1 Å². The molecule has 0 spiro atoms. The van der Waals surface area contributed by atoms with Crippen molar-refractivity contribution in [1.82, 2.24) is 14.9 Å². The zero-order valence-electron chi connectivity index (χ0n) is 14.4. The Hall–Kier alpha value is -2.74. The minimum absolute atomic E-state index is 0.142. The molecule has 8 nitrogen and oxygen atoms in total. The number of nitrogens with one attached hydrogen (secondary N) is 1. The molecule has 0 radical (unpaired) electrons. The third kappa shape index (κ3) is 4.42. The number of nitro groups is 1. The van der Waals surface area contributed by atoms with Crippen molar-refractivity contribution in [2.75, 3.05) is 37.4 Å². The molecule has 1 atom stereocenters. The molecule has 25 heavy (non-hydrogen) atoms. The van der Waals surface area contributed by atoms with Crippen LogP contribution in [0, 0.1) is 10.1 Å². The molecule has 0 amide bonds. The highest BCUT2D eigenvalue weighted by molar-refractivity contribution is 5.48. The van der Waals surface area contributed by atoms with Gasteiger partial charge in [0.15, 0.2) is 0 Å². The third-order valence-corrected chi connectivity index (χ3v) is 4.26. The summed E-state index contributed by atoms with van der Waals surface area (Å²) in [6, 6.07) is 9.08. The average molecular weight is 342 g/mol. The largest absolute Gasteiger partial charge is 0.366 e. The van der Waals surface area contributed by atoms with Gasteiger partial charge in [-0.05, 0) is 12.0 Å². The van der Waals surface area contributed by atoms with Crippen molar-refractivity contribution < 1.29 is 4.92 Å². The summed E-state index contributed by atoms with van der Waals surface area (Å²) in [6.45, 7) is 2.54. The van der Waals surface area contributed by atoms with Gasteiger partial charge >= 0.3 is 0 Å². The molecule has 2 aromatic rings. The summed E-state index contributed by atoms with van der Waals surface area (Å²) in [5, 5.41) is 14.3. The minimum Gasteiger partial charge on any atom is -0.366 e. The molecular formula is C17H22N6O2. The number of aromatic nitrogens is 2. The molecule has 1 N–H and O–H groups in total. The van der Waals surface area contributed by atoms with Crippen molar-refractivity contribution in [2.45, 2.75) is 19.0 Å². The van der Waals surface area contributed by atoms with Crippen molar-refractivity contribution in [3.63, 3.8) is 0 Å². The van der Waals surface area contributed by atoms with E-state index >= 15 is 0 Å². The summed E-state index contributed by atoms with van der Waals surface area (Å²) in [6.07, 6.45) is 2.57. The number of likely N-dealkylation sites (tertiary alicyclic amines) is 1. The molecule has 8 heteroatoms. The van der Waals surface area contributed by atoms with Gasteiger partial charge in [-0.15, -0.1) is 0 Å². The zero-order chi connectivity index (χ0) is 17.8. The van der Waals surface area contributed by atoms with Crippen LogP contribution in [-0.4, -0.2) is 53.0 Å². The van der Waals surface area contributed by atoms with Gasteiger partial charge in [-0.2, -0.15) is 0 Å². The van der Waals surface area contributed by atoms with Gasteiger partial charge in [-0.3, -0.25) is 15.0 Å². The highest BCUT2D eigenvalue weighted by Crippen LogP contribution is 2.20. The molecule has 132 valence electrons. The lowest BCUT2D eigenvalue weighted by molar-refractivity contribution is -0.384. The van der Waals surface area contributed by atoms with E-state index in [4.69, 9.17) is 0 Å². The smallest absolute Gasteiger partial charge is 0.269 e. The Kier molecular flexibility index (Phi) is 5.08. The van der Waals surface area contributed by atoms with Gasteiger partial charge in [0.2, 0.25) is 0 Å². The van der Waals surface area contributed by atoms with Crippen LogP contribution < -0.4 is 10.2 Å². The molecule has 0 aliphatic carbocycles. The van der Waals surface area contributed by atoms with E-state index in [-0.39, 0.29) is 10.6 Å². The lowest BCUT2D eigenvalue weighted by Crippen LogP contribution is -2.26. The number of non-ortho nitro benzene ring substituents is 1. The predicted molar refractivity (Wildman–Crippen MR) is 96.8 cm³/mol. The first kappa shape index (κ1) is 17.1. The van der Waals surface area contributed by atoms with Crippen LogP contribution in [0.1, 0.15) is 12.0 Å². The van der Waals surface area contributed by atoms with Gasteiger partial charge in [-0.1, -0.05) is 12.1 Å². The second-order valence-electron chi connectivity index (χ2n) is 6.45. The Bertz CT molecular complexity index is 751. The van der Waals surface area contributed by atoms with Crippen LogP contribution in [0.25, 0.3) is 0 Å². The number of anilines is 2. The first-order chi connectivity index (χ1) is 12.0. The molecule has 2 heterocycles. The molecule has 1 saturated heterocycles. The summed E-state index contributed by atoms with van der Waals surface area (Å²) in [4.78, 5) is 23.3. The van der Waals surface area contributed by atoms with Crippen LogP contribution in [-0.2, 0) is 6.54 Å². The Balaban J connectivity index is 1.58. The van der Waals surface area contributed by atoms with Crippen LogP contribution in [0.4, 0.5) is 17.3 Å². The van der Waals surface area contributed by atoms with Crippen molar-refractivity contribution in [3.05, 3.63) is 52.3 Å². The Morgan fingerprint density at radius 3 is 2.96 bits per heavy atom. The molecule has 0 saturated carbocycles. The maximum absolute atomic E-state index is 10.9. The Morgan fingerprint density at radius 1 is 1.36 bits per heavy atom. The van der Waals surface area contributed by atoms with Crippen molar-refractivity contribution in [1.29, 1.82) is 0 Å². The van der Waals surface area contributed by atoms with Gasteiger partial charge in [0, 0.05) is 58.0 Å². The fraction of sp³-hybridized carbons (Fsp3) is 0.412. The average Bonchev–Trinajstić information content (AvgIpc) is 3.02. The fourth-order valence-corrected chi connectivity index (χ4v) is 3.00. The minimum atomic E-state index is -0.352. The van der Waals surface area contributed by atoms with Gasteiger partial charge in [0.25, 0.3) is 5.69 Å². The van der Waals surface area contributed by atoms with Crippen LogP contribution >= 0.6 is 0 Å². The topological polar surface area (TPSA) is 87.4 Å². The maximum atomic E-state index is 10.9. The molecule has 1 unspecified atom stereocenters. The van der Waals surface area contributed by atoms with Crippen molar-refractivity contribution in [2.24, 2.45) is 0 Å². The number of nitrogens with zero attached hydrogens (tertiary/aromatic N) is 5. The molecule has 1 aromatic carbocycles. The lowest BCUT2D eigenvalue weighted by Gasteiger charge is -2.18. The van der Waals surface area contributed by atoms with E-state index in [2.05, 4.69) is 20.2 Å². The molecule has 3 rings (SSSR count). The number of benzene rings is 1. The zero-order valence-corrected chi connectivity index (χ0v) is 14.4. The SMILES string of the molecule is CN(C)c1cc(NC2CCN(Cc3cccc([N+](=O)[O-])c3)C2)ncn1. The number of hydrogen-bond acceptors (Lipinski definition) is 7. The number of nitro benzene ring substituents is 1. The molecule has 1 aromatic heterocycles. The van der Waals surface area contributed by atoms with Crippen LogP contribution in [0.2, 0.25) is 0 Å². The van der Waals surface area contributed by atoms with Crippen LogP contribution in [0.15, 0.2) is 36.7 Å². The highest BCUT2D eigenvalue weighted by Gasteiger charge is 2.23. The van der Waals surface area contributed by atoms with E-state index < -0.39 is 0 Å². The summed E-state index contributed by atoms with van der Waals surface area (Å²) in [5.41, 5.74) is 1.11. The monoisotopic (exact) mass is 342 g/mol. The van der Waals surface area contributed by atoms with E-state index in [1.807, 2.05) is 31.1 Å². The summed E-state index contributed by atoms with van der Waals surface area (Å²) < 4.78 is 0. The number of rotatable bonds is 6. The van der Waals surface area contributed by atoms with Crippen molar-refractivity contribution >= 4 is 17.3 Å². The second-order valence-corrected chi connectivity index (χ2v) is 6.45. The highest BCUT2D eigenvalue weighted by atomic mass is 16.6. The molecule has 0 bridgehead atoms. The lowest BCUT2D eigenvalue weighted by atomic mass is 10.2. The fourth-order valence-electron chi connectivity index (χ4n) is 3.00. The van der Waals surface area contributed by atoms with Gasteiger partial charge in [-0.25, -0.2) is 9.97 Å². The van der Waals surface area contributed by atoms with Gasteiger partial charge in [0.05, 0.1) is 4.92 Å². The first-order valence-electron chi connectivity index (χ1n) is 8.23. The molecule has 1 aliphatic rings. The van der Waals surface area contributed by atoms with Crippen LogP contribution in [0.5, 0.6) is 0 Å². The maximum Gasteiger partial charge on any atom is 0.269 e.